The van der Waals surface area contributed by atoms with Gasteiger partial charge in [0.25, 0.3) is 5.69 Å². The standard InChI is InChI=1S/C25H22N2O3/c28-27(29)18-13-14-23-22(15-18)19-10-6-11-20(19)25(26-23)21-9-4-5-12-24(21)30-16-17-7-2-1-3-8-17/h1-10,12-15,19-20,25-26H,11,16H2/t19-,20+,25-/m1/s1. The third-order valence-electron chi connectivity index (χ3n) is 6.05. The highest BCUT2D eigenvalue weighted by Gasteiger charge is 2.39. The number of anilines is 1. The van der Waals surface area contributed by atoms with Crippen LogP contribution in [0.15, 0.2) is 84.9 Å². The van der Waals surface area contributed by atoms with E-state index in [0.29, 0.717) is 12.5 Å². The number of hydrogen-bond donors (Lipinski definition) is 1. The smallest absolute Gasteiger partial charge is 0.269 e. The van der Waals surface area contributed by atoms with Gasteiger partial charge in [-0.15, -0.1) is 0 Å². The molecule has 0 aromatic heterocycles. The predicted octanol–water partition coefficient (Wildman–Crippen LogP) is 6.00. The Balaban J connectivity index is 1.47. The lowest BCUT2D eigenvalue weighted by Gasteiger charge is -2.38. The zero-order valence-corrected chi connectivity index (χ0v) is 16.4. The molecule has 150 valence electrons. The van der Waals surface area contributed by atoms with Crippen LogP contribution in [0.25, 0.3) is 0 Å². The monoisotopic (exact) mass is 398 g/mol. The fraction of sp³-hybridized carbons (Fsp3) is 0.200. The second-order valence-corrected chi connectivity index (χ2v) is 7.82. The highest BCUT2D eigenvalue weighted by atomic mass is 16.6. The number of non-ortho nitro benzene ring substituents is 1. The van der Waals surface area contributed by atoms with Gasteiger partial charge in [0.2, 0.25) is 0 Å². The molecule has 0 radical (unpaired) electrons. The Bertz CT molecular complexity index is 1110. The minimum absolute atomic E-state index is 0.0749. The number of nitrogens with one attached hydrogen (secondary N) is 1. The van der Waals surface area contributed by atoms with Gasteiger partial charge in [-0.1, -0.05) is 60.7 Å². The number of nitro groups is 1. The number of nitro benzene ring substituents is 1. The Morgan fingerprint density at radius 3 is 2.63 bits per heavy atom. The van der Waals surface area contributed by atoms with Crippen molar-refractivity contribution in [3.8, 4) is 5.75 Å². The van der Waals surface area contributed by atoms with E-state index in [2.05, 4.69) is 35.7 Å². The van der Waals surface area contributed by atoms with E-state index in [1.165, 1.54) is 0 Å². The molecule has 0 saturated heterocycles. The molecule has 1 N–H and O–H groups in total. The number of ether oxygens (including phenoxy) is 1. The van der Waals surface area contributed by atoms with E-state index in [4.69, 9.17) is 4.74 Å². The molecule has 2 aliphatic rings. The minimum atomic E-state index is -0.327. The molecule has 0 unspecified atom stereocenters. The second kappa shape index (κ2) is 7.67. The molecule has 30 heavy (non-hydrogen) atoms. The van der Waals surface area contributed by atoms with Crippen molar-refractivity contribution in [3.05, 3.63) is 112 Å². The first-order valence-corrected chi connectivity index (χ1v) is 10.2. The lowest BCUT2D eigenvalue weighted by molar-refractivity contribution is -0.384. The first kappa shape index (κ1) is 18.4. The molecule has 0 fully saturated rings. The topological polar surface area (TPSA) is 64.4 Å². The van der Waals surface area contributed by atoms with Gasteiger partial charge in [0.1, 0.15) is 12.4 Å². The van der Waals surface area contributed by atoms with Crippen LogP contribution in [0.2, 0.25) is 0 Å². The van der Waals surface area contributed by atoms with Crippen molar-refractivity contribution in [1.29, 1.82) is 0 Å². The average Bonchev–Trinajstić information content (AvgIpc) is 3.28. The van der Waals surface area contributed by atoms with Crippen molar-refractivity contribution in [2.24, 2.45) is 5.92 Å². The van der Waals surface area contributed by atoms with Crippen molar-refractivity contribution in [1.82, 2.24) is 0 Å². The van der Waals surface area contributed by atoms with E-state index in [0.717, 1.165) is 34.5 Å². The number of hydrogen-bond acceptors (Lipinski definition) is 4. The summed E-state index contributed by atoms with van der Waals surface area (Å²) < 4.78 is 6.21. The summed E-state index contributed by atoms with van der Waals surface area (Å²) in [6.45, 7) is 0.514. The fourth-order valence-electron chi connectivity index (χ4n) is 4.61. The average molecular weight is 398 g/mol. The number of rotatable bonds is 5. The van der Waals surface area contributed by atoms with E-state index < -0.39 is 0 Å². The molecule has 3 atom stereocenters. The maximum atomic E-state index is 11.2. The molecule has 3 aromatic carbocycles. The summed E-state index contributed by atoms with van der Waals surface area (Å²) in [4.78, 5) is 10.9. The SMILES string of the molecule is O=[N+]([O-])c1ccc2c(c1)[C@@H]1C=CC[C@@H]1[C@H](c1ccccc1OCc1ccccc1)N2. The number of benzene rings is 3. The van der Waals surface area contributed by atoms with Gasteiger partial charge in [-0.3, -0.25) is 10.1 Å². The largest absolute Gasteiger partial charge is 0.489 e. The summed E-state index contributed by atoms with van der Waals surface area (Å²) in [6.07, 6.45) is 5.30. The van der Waals surface area contributed by atoms with Gasteiger partial charge in [-0.05, 0) is 35.6 Å². The molecule has 0 spiro atoms. The number of allylic oxidation sites excluding steroid dienone is 2. The van der Waals surface area contributed by atoms with Gasteiger partial charge in [0.15, 0.2) is 0 Å². The van der Waals surface area contributed by atoms with Crippen LogP contribution < -0.4 is 10.1 Å². The molecule has 0 amide bonds. The molecule has 0 saturated carbocycles. The second-order valence-electron chi connectivity index (χ2n) is 7.82. The Kier molecular flexibility index (Phi) is 4.71. The zero-order chi connectivity index (χ0) is 20.5. The molecule has 5 nitrogen and oxygen atoms in total. The molecule has 5 heteroatoms. The Labute approximate surface area is 175 Å². The van der Waals surface area contributed by atoms with Crippen LogP contribution in [0.4, 0.5) is 11.4 Å². The van der Waals surface area contributed by atoms with Crippen LogP contribution in [0.5, 0.6) is 5.75 Å². The van der Waals surface area contributed by atoms with Crippen LogP contribution in [0, 0.1) is 16.0 Å². The van der Waals surface area contributed by atoms with Crippen LogP contribution in [0.1, 0.15) is 35.1 Å². The molecular weight excluding hydrogens is 376 g/mol. The van der Waals surface area contributed by atoms with E-state index in [-0.39, 0.29) is 22.6 Å². The number of fused-ring (bicyclic) bond motifs is 3. The lowest BCUT2D eigenvalue weighted by atomic mass is 9.76. The normalized spacial score (nSPS) is 21.4. The Hall–Kier alpha value is -3.60. The van der Waals surface area contributed by atoms with Gasteiger partial charge in [0.05, 0.1) is 11.0 Å². The molecular formula is C25H22N2O3. The summed E-state index contributed by atoms with van der Waals surface area (Å²) in [6, 6.07) is 23.5. The third-order valence-corrected chi connectivity index (χ3v) is 6.05. The van der Waals surface area contributed by atoms with Crippen molar-refractivity contribution in [2.75, 3.05) is 5.32 Å². The maximum absolute atomic E-state index is 11.2. The summed E-state index contributed by atoms with van der Waals surface area (Å²) in [5.41, 5.74) is 4.34. The number of para-hydroxylation sites is 1. The van der Waals surface area contributed by atoms with Gasteiger partial charge in [-0.25, -0.2) is 0 Å². The first-order valence-electron chi connectivity index (χ1n) is 10.2. The van der Waals surface area contributed by atoms with E-state index >= 15 is 0 Å². The molecule has 1 aliphatic carbocycles. The van der Waals surface area contributed by atoms with Crippen molar-refractivity contribution >= 4 is 11.4 Å². The van der Waals surface area contributed by atoms with Gasteiger partial charge < -0.3 is 10.1 Å². The van der Waals surface area contributed by atoms with Crippen LogP contribution in [0.3, 0.4) is 0 Å². The van der Waals surface area contributed by atoms with Crippen LogP contribution in [-0.4, -0.2) is 4.92 Å². The van der Waals surface area contributed by atoms with Gasteiger partial charge >= 0.3 is 0 Å². The van der Waals surface area contributed by atoms with E-state index in [1.54, 1.807) is 12.1 Å². The first-order chi connectivity index (χ1) is 14.7. The summed E-state index contributed by atoms with van der Waals surface area (Å²) >= 11 is 0. The van der Waals surface area contributed by atoms with Crippen LogP contribution >= 0.6 is 0 Å². The summed E-state index contributed by atoms with van der Waals surface area (Å²) in [5, 5.41) is 14.9. The lowest BCUT2D eigenvalue weighted by Crippen LogP contribution is -2.29. The van der Waals surface area contributed by atoms with Crippen molar-refractivity contribution in [3.63, 3.8) is 0 Å². The van der Waals surface area contributed by atoms with E-state index in [9.17, 15) is 10.1 Å². The highest BCUT2D eigenvalue weighted by Crippen LogP contribution is 2.51. The fourth-order valence-corrected chi connectivity index (χ4v) is 4.61. The summed E-state index contributed by atoms with van der Waals surface area (Å²) in [7, 11) is 0. The van der Waals surface area contributed by atoms with Crippen LogP contribution in [-0.2, 0) is 6.61 Å². The van der Waals surface area contributed by atoms with Crippen molar-refractivity contribution in [2.45, 2.75) is 25.0 Å². The molecule has 1 heterocycles. The molecule has 3 aromatic rings. The minimum Gasteiger partial charge on any atom is -0.489 e. The number of nitrogens with zero attached hydrogens (tertiary/aromatic N) is 1. The highest BCUT2D eigenvalue weighted by molar-refractivity contribution is 5.63. The zero-order valence-electron chi connectivity index (χ0n) is 16.4. The van der Waals surface area contributed by atoms with Gasteiger partial charge in [-0.2, -0.15) is 0 Å². The quantitative estimate of drug-likeness (QED) is 0.325. The van der Waals surface area contributed by atoms with E-state index in [1.807, 2.05) is 42.5 Å². The summed E-state index contributed by atoms with van der Waals surface area (Å²) in [5.74, 6) is 1.32. The predicted molar refractivity (Wildman–Crippen MR) is 117 cm³/mol. The maximum Gasteiger partial charge on any atom is 0.269 e. The molecule has 1 aliphatic heterocycles. The Morgan fingerprint density at radius 2 is 1.80 bits per heavy atom. The molecule has 0 bridgehead atoms. The van der Waals surface area contributed by atoms with Gasteiger partial charge in [0, 0.05) is 29.3 Å². The third kappa shape index (κ3) is 3.32. The Morgan fingerprint density at radius 1 is 1.00 bits per heavy atom. The molecule has 5 rings (SSSR count). The van der Waals surface area contributed by atoms with Crippen molar-refractivity contribution < 1.29 is 9.66 Å².